The quantitative estimate of drug-likeness (QED) is 0.340. The first-order valence-electron chi connectivity index (χ1n) is 11.7. The fraction of sp³-hybridized carbons (Fsp3) is 0.429. The van der Waals surface area contributed by atoms with Crippen molar-refractivity contribution >= 4 is 22.1 Å². The second-order valence-corrected chi connectivity index (χ2v) is 10.3. The molecule has 1 aromatic carbocycles. The number of hydrogen-bond donors (Lipinski definition) is 0. The van der Waals surface area contributed by atoms with E-state index in [0.29, 0.717) is 11.8 Å². The summed E-state index contributed by atoms with van der Waals surface area (Å²) in [5.41, 5.74) is 6.34. The predicted molar refractivity (Wildman–Crippen MR) is 128 cm³/mol. The van der Waals surface area contributed by atoms with Gasteiger partial charge in [-0.1, -0.05) is 59.1 Å². The summed E-state index contributed by atoms with van der Waals surface area (Å²) in [5, 5.41) is 2.21. The van der Waals surface area contributed by atoms with E-state index in [0.717, 1.165) is 33.3 Å². The number of rotatable bonds is 3. The van der Waals surface area contributed by atoms with E-state index in [1.165, 1.54) is 43.4 Å². The van der Waals surface area contributed by atoms with Gasteiger partial charge in [0.05, 0.1) is 5.69 Å². The van der Waals surface area contributed by atoms with Crippen molar-refractivity contribution in [1.29, 1.82) is 0 Å². The summed E-state index contributed by atoms with van der Waals surface area (Å²) in [4.78, 5) is 9.67. The molecule has 4 aromatic rings. The Balaban J connectivity index is 1.60. The summed E-state index contributed by atoms with van der Waals surface area (Å²) in [5.74, 6) is 1.01. The lowest BCUT2D eigenvalue weighted by atomic mass is 9.78. The Labute approximate surface area is 184 Å². The highest BCUT2D eigenvalue weighted by atomic mass is 16.3. The van der Waals surface area contributed by atoms with E-state index in [9.17, 15) is 0 Å². The Morgan fingerprint density at radius 2 is 1.77 bits per heavy atom. The van der Waals surface area contributed by atoms with Gasteiger partial charge in [0.2, 0.25) is 5.71 Å². The summed E-state index contributed by atoms with van der Waals surface area (Å²) < 4.78 is 6.39. The zero-order valence-electron chi connectivity index (χ0n) is 19.1. The fourth-order valence-corrected chi connectivity index (χ4v) is 4.88. The summed E-state index contributed by atoms with van der Waals surface area (Å²) in [6.07, 6.45) is 8.38. The maximum atomic E-state index is 6.39. The number of benzene rings is 1. The highest BCUT2D eigenvalue weighted by Crippen LogP contribution is 2.39. The zero-order valence-corrected chi connectivity index (χ0v) is 19.1. The summed E-state index contributed by atoms with van der Waals surface area (Å²) in [6, 6.07) is 15.1. The minimum absolute atomic E-state index is 0.198. The third kappa shape index (κ3) is 3.75. The van der Waals surface area contributed by atoms with Crippen molar-refractivity contribution in [2.75, 3.05) is 0 Å². The second kappa shape index (κ2) is 7.78. The molecule has 1 unspecified atom stereocenters. The van der Waals surface area contributed by atoms with E-state index in [4.69, 9.17) is 14.4 Å². The van der Waals surface area contributed by atoms with Crippen LogP contribution in [0.25, 0.3) is 33.3 Å². The van der Waals surface area contributed by atoms with Gasteiger partial charge in [0.1, 0.15) is 5.58 Å². The molecule has 0 bridgehead atoms. The number of aromatic nitrogens is 2. The second-order valence-electron chi connectivity index (χ2n) is 10.3. The van der Waals surface area contributed by atoms with E-state index in [1.54, 1.807) is 0 Å². The molecule has 1 aliphatic rings. The molecule has 1 fully saturated rings. The van der Waals surface area contributed by atoms with Crippen LogP contribution in [-0.4, -0.2) is 9.97 Å². The van der Waals surface area contributed by atoms with E-state index >= 15 is 0 Å². The van der Waals surface area contributed by atoms with Crippen molar-refractivity contribution in [3.63, 3.8) is 0 Å². The lowest BCUT2D eigenvalue weighted by Gasteiger charge is -2.27. The first-order valence-corrected chi connectivity index (χ1v) is 11.7. The number of pyridine rings is 2. The van der Waals surface area contributed by atoms with Gasteiger partial charge >= 0.3 is 0 Å². The maximum absolute atomic E-state index is 6.39. The van der Waals surface area contributed by atoms with Crippen molar-refractivity contribution < 1.29 is 4.42 Å². The van der Waals surface area contributed by atoms with Gasteiger partial charge in [-0.2, -0.15) is 0 Å². The normalized spacial score (nSPS) is 16.8. The van der Waals surface area contributed by atoms with Gasteiger partial charge in [0.25, 0.3) is 0 Å². The molecular weight excluding hydrogens is 380 g/mol. The first-order chi connectivity index (χ1) is 14.9. The van der Waals surface area contributed by atoms with Crippen molar-refractivity contribution in [3.05, 3.63) is 59.9 Å². The largest absolute Gasteiger partial charge is 0.437 e. The third-order valence-corrected chi connectivity index (χ3v) is 7.27. The van der Waals surface area contributed by atoms with Crippen LogP contribution >= 0.6 is 0 Å². The van der Waals surface area contributed by atoms with Crippen LogP contribution in [-0.2, 0) is 0 Å². The Bertz CT molecular complexity index is 1220. The maximum Gasteiger partial charge on any atom is 0.227 e. The number of nitrogens with zero attached hydrogens (tertiary/aromatic N) is 2. The summed E-state index contributed by atoms with van der Waals surface area (Å²) >= 11 is 0. The minimum atomic E-state index is 0.198. The molecule has 3 heterocycles. The average Bonchev–Trinajstić information content (AvgIpc) is 3.16. The van der Waals surface area contributed by atoms with Gasteiger partial charge in [-0.25, -0.2) is 4.98 Å². The molecule has 0 N–H and O–H groups in total. The molecule has 3 heteroatoms. The molecule has 1 aliphatic carbocycles. The van der Waals surface area contributed by atoms with Crippen molar-refractivity contribution in [1.82, 2.24) is 9.97 Å². The van der Waals surface area contributed by atoms with Gasteiger partial charge in [0, 0.05) is 34.1 Å². The SMILES string of the molecule is CC(c1ccnc(-c2cccc3c2oc2nc(C4CCCCC4)ccc23)c1)C(C)(C)C. The molecule has 31 heavy (non-hydrogen) atoms. The van der Waals surface area contributed by atoms with Crippen LogP contribution in [0.15, 0.2) is 53.1 Å². The summed E-state index contributed by atoms with van der Waals surface area (Å²) in [7, 11) is 0. The first kappa shape index (κ1) is 20.2. The molecule has 3 nitrogen and oxygen atoms in total. The predicted octanol–water partition coefficient (Wildman–Crippen LogP) is 8.24. The van der Waals surface area contributed by atoms with Gasteiger partial charge < -0.3 is 4.42 Å². The smallest absolute Gasteiger partial charge is 0.227 e. The van der Waals surface area contributed by atoms with Crippen LogP contribution in [0.2, 0.25) is 0 Å². The zero-order chi connectivity index (χ0) is 21.6. The Morgan fingerprint density at radius 3 is 2.55 bits per heavy atom. The van der Waals surface area contributed by atoms with Crippen molar-refractivity contribution in [2.45, 2.75) is 71.6 Å². The number of hydrogen-bond acceptors (Lipinski definition) is 3. The van der Waals surface area contributed by atoms with E-state index in [-0.39, 0.29) is 5.41 Å². The number of fused-ring (bicyclic) bond motifs is 3. The molecule has 1 saturated carbocycles. The third-order valence-electron chi connectivity index (χ3n) is 7.27. The Kier molecular flexibility index (Phi) is 5.08. The van der Waals surface area contributed by atoms with Crippen LogP contribution in [0.1, 0.15) is 82.9 Å². The lowest BCUT2D eigenvalue weighted by molar-refractivity contribution is 0.339. The topological polar surface area (TPSA) is 38.9 Å². The van der Waals surface area contributed by atoms with Crippen molar-refractivity contribution in [2.24, 2.45) is 5.41 Å². The van der Waals surface area contributed by atoms with E-state index in [2.05, 4.69) is 70.2 Å². The standard InChI is InChI=1S/C28H32N2O/c1-18(28(2,3)4)20-15-16-29-25(17-20)23-12-8-11-21-22-13-14-24(19-9-6-5-7-10-19)30-27(22)31-26(21)23/h8,11-19H,5-7,9-10H2,1-4H3. The molecule has 0 amide bonds. The molecule has 3 aromatic heterocycles. The lowest BCUT2D eigenvalue weighted by Crippen LogP contribution is -2.15. The van der Waals surface area contributed by atoms with Crippen molar-refractivity contribution in [3.8, 4) is 11.3 Å². The molecule has 1 atom stereocenters. The molecule has 0 radical (unpaired) electrons. The minimum Gasteiger partial charge on any atom is -0.437 e. The van der Waals surface area contributed by atoms with E-state index < -0.39 is 0 Å². The molecule has 5 rings (SSSR count). The highest BCUT2D eigenvalue weighted by molar-refractivity contribution is 6.08. The Morgan fingerprint density at radius 1 is 0.968 bits per heavy atom. The molecule has 0 spiro atoms. The molecular formula is C28H32N2O. The van der Waals surface area contributed by atoms with Gasteiger partial charge in [-0.05, 0) is 60.1 Å². The summed E-state index contributed by atoms with van der Waals surface area (Å²) in [6.45, 7) is 9.14. The Hall–Kier alpha value is -2.68. The average molecular weight is 413 g/mol. The molecule has 0 aliphatic heterocycles. The van der Waals surface area contributed by atoms with Gasteiger partial charge in [0.15, 0.2) is 0 Å². The molecule has 160 valence electrons. The fourth-order valence-electron chi connectivity index (χ4n) is 4.88. The number of furan rings is 1. The molecule has 0 saturated heterocycles. The van der Waals surface area contributed by atoms with E-state index in [1.807, 2.05) is 6.20 Å². The highest BCUT2D eigenvalue weighted by Gasteiger charge is 2.23. The van der Waals surface area contributed by atoms with Crippen LogP contribution in [0.3, 0.4) is 0 Å². The van der Waals surface area contributed by atoms with Crippen LogP contribution in [0.4, 0.5) is 0 Å². The van der Waals surface area contributed by atoms with Gasteiger partial charge in [-0.3, -0.25) is 4.98 Å². The van der Waals surface area contributed by atoms with Gasteiger partial charge in [-0.15, -0.1) is 0 Å². The van der Waals surface area contributed by atoms with Crippen LogP contribution in [0.5, 0.6) is 0 Å². The van der Waals surface area contributed by atoms with Crippen LogP contribution < -0.4 is 0 Å². The monoisotopic (exact) mass is 412 g/mol. The van der Waals surface area contributed by atoms with Crippen LogP contribution in [0, 0.1) is 5.41 Å². The number of para-hydroxylation sites is 1.